The molecule has 0 saturated heterocycles. The number of benzene rings is 2. The Bertz CT molecular complexity index is 1150. The van der Waals surface area contributed by atoms with E-state index in [2.05, 4.69) is 21.2 Å². The summed E-state index contributed by atoms with van der Waals surface area (Å²) in [4.78, 5) is 28.3. The second kappa shape index (κ2) is 12.6. The summed E-state index contributed by atoms with van der Waals surface area (Å²) in [5.74, 6) is -0.0363. The minimum atomic E-state index is -3.78. The summed E-state index contributed by atoms with van der Waals surface area (Å²) in [6.07, 6.45) is 6.23. The van der Waals surface area contributed by atoms with Crippen LogP contribution in [-0.2, 0) is 26.2 Å². The molecular formula is C26H34BrN3O5S. The highest BCUT2D eigenvalue weighted by Gasteiger charge is 2.31. The molecule has 1 atom stereocenters. The molecule has 2 aromatic rings. The molecule has 1 aliphatic carbocycles. The summed E-state index contributed by atoms with van der Waals surface area (Å²) in [7, 11) is -2.21. The van der Waals surface area contributed by atoms with Gasteiger partial charge in [0.2, 0.25) is 21.8 Å². The van der Waals surface area contributed by atoms with Crippen LogP contribution >= 0.6 is 15.9 Å². The number of rotatable bonds is 10. The van der Waals surface area contributed by atoms with Crippen molar-refractivity contribution in [1.82, 2.24) is 10.2 Å². The van der Waals surface area contributed by atoms with Crippen molar-refractivity contribution in [1.29, 1.82) is 0 Å². The number of hydrogen-bond donors (Lipinski definition) is 1. The second-order valence-corrected chi connectivity index (χ2v) is 11.9. The maximum Gasteiger partial charge on any atom is 0.244 e. The topological polar surface area (TPSA) is 96.0 Å². The predicted octanol–water partition coefficient (Wildman–Crippen LogP) is 4.09. The van der Waals surface area contributed by atoms with Gasteiger partial charge in [0.05, 0.1) is 19.1 Å². The fourth-order valence-corrected chi connectivity index (χ4v) is 5.81. The molecule has 0 unspecified atom stereocenters. The van der Waals surface area contributed by atoms with Crippen LogP contribution in [0.2, 0.25) is 0 Å². The van der Waals surface area contributed by atoms with E-state index in [1.54, 1.807) is 50.4 Å². The lowest BCUT2D eigenvalue weighted by Gasteiger charge is -2.33. The molecule has 8 nitrogen and oxygen atoms in total. The molecule has 0 heterocycles. The zero-order chi connectivity index (χ0) is 26.3. The highest BCUT2D eigenvalue weighted by Crippen LogP contribution is 2.28. The van der Waals surface area contributed by atoms with Gasteiger partial charge in [-0.2, -0.15) is 0 Å². The Kier molecular flexibility index (Phi) is 9.78. The summed E-state index contributed by atoms with van der Waals surface area (Å²) in [5.41, 5.74) is 1.16. The number of ether oxygens (including phenoxy) is 1. The van der Waals surface area contributed by atoms with Gasteiger partial charge in [0.25, 0.3) is 0 Å². The van der Waals surface area contributed by atoms with Gasteiger partial charge < -0.3 is 15.0 Å². The first-order valence-electron chi connectivity index (χ1n) is 12.0. The molecule has 36 heavy (non-hydrogen) atoms. The summed E-state index contributed by atoms with van der Waals surface area (Å²) >= 11 is 3.38. The maximum atomic E-state index is 13.7. The number of amides is 2. The molecule has 0 aromatic heterocycles. The SMILES string of the molecule is COc1ccc(CN(C(=O)CN(c2ccccc2Br)S(C)(=O)=O)[C@@H](C)C(=O)NC2CCCCC2)cc1. The van der Waals surface area contributed by atoms with E-state index in [1.807, 2.05) is 12.1 Å². The van der Waals surface area contributed by atoms with Crippen molar-refractivity contribution in [2.45, 2.75) is 57.7 Å². The van der Waals surface area contributed by atoms with Crippen molar-refractivity contribution in [2.24, 2.45) is 0 Å². The highest BCUT2D eigenvalue weighted by molar-refractivity contribution is 9.10. The summed E-state index contributed by atoms with van der Waals surface area (Å²) in [5, 5.41) is 3.09. The van der Waals surface area contributed by atoms with Gasteiger partial charge in [0.15, 0.2) is 0 Å². The van der Waals surface area contributed by atoms with Gasteiger partial charge in [-0.25, -0.2) is 8.42 Å². The molecule has 0 bridgehead atoms. The third kappa shape index (κ3) is 7.46. The van der Waals surface area contributed by atoms with Gasteiger partial charge in [-0.05, 0) is 65.5 Å². The average molecular weight is 581 g/mol. The zero-order valence-corrected chi connectivity index (χ0v) is 23.3. The van der Waals surface area contributed by atoms with Crippen molar-refractivity contribution in [2.75, 3.05) is 24.2 Å². The van der Waals surface area contributed by atoms with Crippen molar-refractivity contribution in [3.8, 4) is 5.75 Å². The van der Waals surface area contributed by atoms with Gasteiger partial charge in [0.1, 0.15) is 18.3 Å². The summed E-state index contributed by atoms with van der Waals surface area (Å²) < 4.78 is 32.2. The second-order valence-electron chi connectivity index (χ2n) is 9.11. The van der Waals surface area contributed by atoms with Crippen LogP contribution in [0.15, 0.2) is 53.0 Å². The van der Waals surface area contributed by atoms with E-state index in [-0.39, 0.29) is 18.5 Å². The number of carbonyl (C=O) groups is 2. The average Bonchev–Trinajstić information content (AvgIpc) is 2.86. The first kappa shape index (κ1) is 28.0. The van der Waals surface area contributed by atoms with Crippen LogP contribution in [0.25, 0.3) is 0 Å². The van der Waals surface area contributed by atoms with E-state index >= 15 is 0 Å². The fraction of sp³-hybridized carbons (Fsp3) is 0.462. The number of methoxy groups -OCH3 is 1. The maximum absolute atomic E-state index is 13.7. The minimum absolute atomic E-state index is 0.0967. The normalized spacial score (nSPS) is 15.1. The fourth-order valence-electron chi connectivity index (χ4n) is 4.33. The largest absolute Gasteiger partial charge is 0.497 e. The van der Waals surface area contributed by atoms with Crippen molar-refractivity contribution in [3.63, 3.8) is 0 Å². The van der Waals surface area contributed by atoms with Gasteiger partial charge in [-0.3, -0.25) is 13.9 Å². The van der Waals surface area contributed by atoms with Crippen molar-refractivity contribution in [3.05, 3.63) is 58.6 Å². The molecule has 2 aromatic carbocycles. The standard InChI is InChI=1S/C26H34BrN3O5S/c1-19(26(32)28-21-9-5-4-6-10-21)29(17-20-13-15-22(35-2)16-14-20)25(31)18-30(36(3,33)34)24-12-8-7-11-23(24)27/h7-8,11-16,19,21H,4-6,9-10,17-18H2,1-3H3,(H,28,32)/t19-/m0/s1. The molecule has 3 rings (SSSR count). The van der Waals surface area contributed by atoms with E-state index in [0.717, 1.165) is 41.8 Å². The highest BCUT2D eigenvalue weighted by atomic mass is 79.9. The molecule has 0 aliphatic heterocycles. The number of halogens is 1. The number of carbonyl (C=O) groups excluding carboxylic acids is 2. The Labute approximate surface area is 222 Å². The van der Waals surface area contributed by atoms with E-state index in [4.69, 9.17) is 4.74 Å². The molecule has 2 amide bonds. The van der Waals surface area contributed by atoms with Crippen LogP contribution in [0, 0.1) is 0 Å². The molecule has 1 aliphatic rings. The first-order valence-corrected chi connectivity index (χ1v) is 14.7. The minimum Gasteiger partial charge on any atom is -0.497 e. The molecule has 0 radical (unpaired) electrons. The third-order valence-corrected chi connectivity index (χ3v) is 8.23. The molecular weight excluding hydrogens is 546 g/mol. The van der Waals surface area contributed by atoms with Gasteiger partial charge in [-0.1, -0.05) is 43.5 Å². The number of para-hydroxylation sites is 1. The molecule has 0 spiro atoms. The lowest BCUT2D eigenvalue weighted by Crippen LogP contribution is -2.53. The van der Waals surface area contributed by atoms with Crippen LogP contribution in [0.4, 0.5) is 5.69 Å². The van der Waals surface area contributed by atoms with Gasteiger partial charge in [0, 0.05) is 17.1 Å². The monoisotopic (exact) mass is 579 g/mol. The Hall–Kier alpha value is -2.59. The molecule has 1 saturated carbocycles. The van der Waals surface area contributed by atoms with Crippen molar-refractivity contribution < 1.29 is 22.7 Å². The van der Waals surface area contributed by atoms with Crippen LogP contribution in [0.3, 0.4) is 0 Å². The number of hydrogen-bond acceptors (Lipinski definition) is 5. The quantitative estimate of drug-likeness (QED) is 0.457. The molecule has 1 N–H and O–H groups in total. The smallest absolute Gasteiger partial charge is 0.244 e. The third-order valence-electron chi connectivity index (χ3n) is 6.43. The predicted molar refractivity (Wildman–Crippen MR) is 144 cm³/mol. The lowest BCUT2D eigenvalue weighted by atomic mass is 9.95. The number of sulfonamides is 1. The van der Waals surface area contributed by atoms with E-state index in [1.165, 1.54) is 11.3 Å². The van der Waals surface area contributed by atoms with Gasteiger partial charge >= 0.3 is 0 Å². The first-order chi connectivity index (χ1) is 17.1. The lowest BCUT2D eigenvalue weighted by molar-refractivity contribution is -0.139. The Balaban J connectivity index is 1.87. The Morgan fingerprint density at radius 2 is 1.72 bits per heavy atom. The number of nitrogens with one attached hydrogen (secondary N) is 1. The molecule has 10 heteroatoms. The van der Waals surface area contributed by atoms with Crippen molar-refractivity contribution >= 4 is 43.5 Å². The number of anilines is 1. The van der Waals surface area contributed by atoms with E-state index in [9.17, 15) is 18.0 Å². The van der Waals surface area contributed by atoms with E-state index < -0.39 is 28.5 Å². The van der Waals surface area contributed by atoms with Gasteiger partial charge in [-0.15, -0.1) is 0 Å². The van der Waals surface area contributed by atoms with Crippen LogP contribution in [0.5, 0.6) is 5.75 Å². The Morgan fingerprint density at radius 1 is 1.08 bits per heavy atom. The van der Waals surface area contributed by atoms with Crippen LogP contribution in [0.1, 0.15) is 44.6 Å². The van der Waals surface area contributed by atoms with Crippen LogP contribution < -0.4 is 14.4 Å². The molecule has 196 valence electrons. The molecule has 1 fully saturated rings. The Morgan fingerprint density at radius 3 is 2.31 bits per heavy atom. The van der Waals surface area contributed by atoms with Crippen LogP contribution in [-0.4, -0.2) is 57.1 Å². The summed E-state index contributed by atoms with van der Waals surface area (Å²) in [6.45, 7) is 1.40. The summed E-state index contributed by atoms with van der Waals surface area (Å²) in [6, 6.07) is 13.4. The van der Waals surface area contributed by atoms with E-state index in [0.29, 0.717) is 15.9 Å². The zero-order valence-electron chi connectivity index (χ0n) is 20.9. The number of nitrogens with zero attached hydrogens (tertiary/aromatic N) is 2.